The fraction of sp³-hybridized carbons (Fsp3) is 0. The Kier molecular flexibility index (Phi) is 6.53. The van der Waals surface area contributed by atoms with E-state index in [9.17, 15) is 0 Å². The molecule has 234 valence electrons. The monoisotopic (exact) mass is 636 g/mol. The van der Waals surface area contributed by atoms with Crippen molar-refractivity contribution in [1.29, 1.82) is 0 Å². The van der Waals surface area contributed by atoms with Gasteiger partial charge in [-0.25, -0.2) is 0 Å². The standard InChI is InChI=1S/C48H32N2/c1-5-13-33(14-6-1)35-22-26-45-42(29-35)41-25-21-38(32-48(41)50(45)40-19-11-4-12-20-40)37-24-28-47-44(31-37)43-30-36(34-15-7-2-8-16-34)23-27-46(43)49(47)39-17-9-3-10-18-39/h1-32H. The van der Waals surface area contributed by atoms with Crippen molar-refractivity contribution in [3.63, 3.8) is 0 Å². The van der Waals surface area contributed by atoms with Gasteiger partial charge in [-0.15, -0.1) is 0 Å². The Labute approximate surface area is 290 Å². The Bertz CT molecular complexity index is 2830. The lowest BCUT2D eigenvalue weighted by Gasteiger charge is -2.10. The van der Waals surface area contributed by atoms with E-state index in [0.717, 1.165) is 11.4 Å². The van der Waals surface area contributed by atoms with Gasteiger partial charge < -0.3 is 9.13 Å². The van der Waals surface area contributed by atoms with Gasteiger partial charge in [0, 0.05) is 32.9 Å². The molecule has 10 rings (SSSR count). The maximum atomic E-state index is 2.41. The van der Waals surface area contributed by atoms with Gasteiger partial charge in [0.05, 0.1) is 22.1 Å². The summed E-state index contributed by atoms with van der Waals surface area (Å²) in [4.78, 5) is 0. The summed E-state index contributed by atoms with van der Waals surface area (Å²) in [5.74, 6) is 0. The summed E-state index contributed by atoms with van der Waals surface area (Å²) in [6, 6.07) is 70.4. The molecule has 0 aliphatic carbocycles. The van der Waals surface area contributed by atoms with Gasteiger partial charge in [0.2, 0.25) is 0 Å². The van der Waals surface area contributed by atoms with Crippen molar-refractivity contribution in [2.75, 3.05) is 0 Å². The number of benzene rings is 8. The summed E-state index contributed by atoms with van der Waals surface area (Å²) in [5.41, 5.74) is 14.4. The van der Waals surface area contributed by atoms with E-state index in [1.54, 1.807) is 0 Å². The summed E-state index contributed by atoms with van der Waals surface area (Å²) in [6.07, 6.45) is 0. The minimum absolute atomic E-state index is 1.16. The number of hydrogen-bond donors (Lipinski definition) is 0. The van der Waals surface area contributed by atoms with Gasteiger partial charge in [0.1, 0.15) is 0 Å². The summed E-state index contributed by atoms with van der Waals surface area (Å²) < 4.78 is 4.80. The number of nitrogens with zero attached hydrogens (tertiary/aromatic N) is 2. The van der Waals surface area contributed by atoms with Crippen LogP contribution in [0.25, 0.3) is 88.4 Å². The fourth-order valence-corrected chi connectivity index (χ4v) is 7.73. The molecule has 0 saturated carbocycles. The fourth-order valence-electron chi connectivity index (χ4n) is 7.73. The zero-order valence-corrected chi connectivity index (χ0v) is 27.4. The molecular formula is C48H32N2. The topological polar surface area (TPSA) is 9.86 Å². The quantitative estimate of drug-likeness (QED) is 0.178. The van der Waals surface area contributed by atoms with Crippen molar-refractivity contribution in [2.24, 2.45) is 0 Å². The van der Waals surface area contributed by atoms with Crippen LogP contribution in [0, 0.1) is 0 Å². The molecule has 0 unspecified atom stereocenters. The van der Waals surface area contributed by atoms with Gasteiger partial charge in [0.25, 0.3) is 0 Å². The van der Waals surface area contributed by atoms with Crippen molar-refractivity contribution < 1.29 is 0 Å². The average molecular weight is 637 g/mol. The smallest absolute Gasteiger partial charge is 0.0547 e. The normalized spacial score (nSPS) is 11.6. The summed E-state index contributed by atoms with van der Waals surface area (Å²) in [6.45, 7) is 0. The van der Waals surface area contributed by atoms with E-state index in [4.69, 9.17) is 0 Å². The van der Waals surface area contributed by atoms with Crippen molar-refractivity contribution >= 4 is 43.6 Å². The Morgan fingerprint density at radius 2 is 0.560 bits per heavy atom. The lowest BCUT2D eigenvalue weighted by molar-refractivity contribution is 1.18. The first-order valence-corrected chi connectivity index (χ1v) is 17.2. The highest BCUT2D eigenvalue weighted by molar-refractivity contribution is 6.13. The molecule has 0 aliphatic rings. The number of fused-ring (bicyclic) bond motifs is 6. The molecule has 0 bridgehead atoms. The first kappa shape index (κ1) is 28.4. The highest BCUT2D eigenvalue weighted by atomic mass is 15.0. The molecule has 50 heavy (non-hydrogen) atoms. The third kappa shape index (κ3) is 4.57. The molecule has 2 aromatic heterocycles. The van der Waals surface area contributed by atoms with Crippen molar-refractivity contribution in [2.45, 2.75) is 0 Å². The predicted molar refractivity (Wildman–Crippen MR) is 211 cm³/mol. The third-order valence-corrected chi connectivity index (χ3v) is 10.1. The lowest BCUT2D eigenvalue weighted by Crippen LogP contribution is -1.94. The maximum absolute atomic E-state index is 2.41. The van der Waals surface area contributed by atoms with Gasteiger partial charge in [-0.05, 0) is 100 Å². The van der Waals surface area contributed by atoms with Crippen LogP contribution in [0.15, 0.2) is 194 Å². The van der Waals surface area contributed by atoms with Crippen LogP contribution in [0.5, 0.6) is 0 Å². The van der Waals surface area contributed by atoms with Gasteiger partial charge in [-0.1, -0.05) is 127 Å². The number of para-hydroxylation sites is 2. The van der Waals surface area contributed by atoms with Crippen molar-refractivity contribution in [3.05, 3.63) is 194 Å². The van der Waals surface area contributed by atoms with E-state index in [2.05, 4.69) is 203 Å². The number of hydrogen-bond acceptors (Lipinski definition) is 0. The second-order valence-electron chi connectivity index (χ2n) is 13.0. The molecule has 2 nitrogen and oxygen atoms in total. The van der Waals surface area contributed by atoms with E-state index >= 15 is 0 Å². The van der Waals surface area contributed by atoms with Crippen molar-refractivity contribution in [1.82, 2.24) is 9.13 Å². The van der Waals surface area contributed by atoms with Crippen LogP contribution in [0.2, 0.25) is 0 Å². The molecule has 0 saturated heterocycles. The maximum Gasteiger partial charge on any atom is 0.0547 e. The largest absolute Gasteiger partial charge is 0.309 e. The molecule has 0 aliphatic heterocycles. The van der Waals surface area contributed by atoms with E-state index in [-0.39, 0.29) is 0 Å². The van der Waals surface area contributed by atoms with Crippen LogP contribution < -0.4 is 0 Å². The van der Waals surface area contributed by atoms with Gasteiger partial charge in [0.15, 0.2) is 0 Å². The van der Waals surface area contributed by atoms with Crippen LogP contribution in [0.1, 0.15) is 0 Å². The molecule has 0 radical (unpaired) electrons. The molecule has 0 amide bonds. The molecule has 2 heteroatoms. The van der Waals surface area contributed by atoms with Crippen LogP contribution in [-0.2, 0) is 0 Å². The lowest BCUT2D eigenvalue weighted by atomic mass is 9.99. The molecule has 0 fully saturated rings. The SMILES string of the molecule is c1ccc(-c2ccc3c(c2)c2cc(-c4ccc5c6cc(-c7ccccc7)ccc6n(-c6ccccc6)c5c4)ccc2n3-c2ccccc2)cc1. The highest BCUT2D eigenvalue weighted by Gasteiger charge is 2.17. The summed E-state index contributed by atoms with van der Waals surface area (Å²) in [5, 5.41) is 5.00. The predicted octanol–water partition coefficient (Wildman–Crippen LogP) is 12.9. The minimum Gasteiger partial charge on any atom is -0.309 e. The number of rotatable bonds is 5. The Balaban J connectivity index is 1.20. The summed E-state index contributed by atoms with van der Waals surface area (Å²) in [7, 11) is 0. The molecule has 8 aromatic carbocycles. The van der Waals surface area contributed by atoms with E-state index in [0.29, 0.717) is 0 Å². The van der Waals surface area contributed by atoms with Crippen LogP contribution in [0.3, 0.4) is 0 Å². The van der Waals surface area contributed by atoms with Gasteiger partial charge >= 0.3 is 0 Å². The average Bonchev–Trinajstić information content (AvgIpc) is 3.70. The zero-order chi connectivity index (χ0) is 33.0. The molecule has 0 spiro atoms. The van der Waals surface area contributed by atoms with Crippen LogP contribution in [-0.4, -0.2) is 9.13 Å². The first-order valence-electron chi connectivity index (χ1n) is 17.2. The van der Waals surface area contributed by atoms with Crippen LogP contribution in [0.4, 0.5) is 0 Å². The van der Waals surface area contributed by atoms with E-state index in [1.807, 2.05) is 0 Å². The van der Waals surface area contributed by atoms with Gasteiger partial charge in [-0.2, -0.15) is 0 Å². The minimum atomic E-state index is 1.16. The molecule has 0 N–H and O–H groups in total. The third-order valence-electron chi connectivity index (χ3n) is 10.1. The Hall–Kier alpha value is -6.64. The molecular weight excluding hydrogens is 605 g/mol. The number of aromatic nitrogens is 2. The Morgan fingerprint density at radius 3 is 1.02 bits per heavy atom. The van der Waals surface area contributed by atoms with Crippen molar-refractivity contribution in [3.8, 4) is 44.8 Å². The first-order chi connectivity index (χ1) is 24.8. The molecule has 0 atom stereocenters. The Morgan fingerprint density at radius 1 is 0.220 bits per heavy atom. The second kappa shape index (κ2) is 11.5. The van der Waals surface area contributed by atoms with E-state index < -0.39 is 0 Å². The van der Waals surface area contributed by atoms with Crippen LogP contribution >= 0.6 is 0 Å². The molecule has 2 heterocycles. The highest BCUT2D eigenvalue weighted by Crippen LogP contribution is 2.40. The zero-order valence-electron chi connectivity index (χ0n) is 27.4. The van der Waals surface area contributed by atoms with Gasteiger partial charge in [-0.3, -0.25) is 0 Å². The summed E-state index contributed by atoms with van der Waals surface area (Å²) >= 11 is 0. The van der Waals surface area contributed by atoms with E-state index in [1.165, 1.54) is 77.0 Å². The second-order valence-corrected chi connectivity index (χ2v) is 13.0. The molecule has 10 aromatic rings.